The minimum Gasteiger partial charge on any atom is -0.420 e. The maximum Gasteiger partial charge on any atom is 0.313 e. The van der Waals surface area contributed by atoms with Gasteiger partial charge in [0.25, 0.3) is 0 Å². The summed E-state index contributed by atoms with van der Waals surface area (Å²) in [6, 6.07) is 12.6. The molecule has 21 nitrogen and oxygen atoms in total. The van der Waals surface area contributed by atoms with Gasteiger partial charge in [-0.1, -0.05) is 49.4 Å². The topological polar surface area (TPSA) is 223 Å². The van der Waals surface area contributed by atoms with Gasteiger partial charge >= 0.3 is 5.97 Å². The molecule has 466 valence electrons. The fraction of sp³-hybridized carbons (Fsp3) is 0.683. The fourth-order valence-corrected chi connectivity index (χ4v) is 11.2. The van der Waals surface area contributed by atoms with Crippen molar-refractivity contribution in [2.45, 2.75) is 147 Å². The number of aromatic nitrogens is 6. The first-order valence-corrected chi connectivity index (χ1v) is 30.1. The van der Waals surface area contributed by atoms with Crippen LogP contribution in [0.2, 0.25) is 0 Å². The Kier molecular flexibility index (Phi) is 28.7. The van der Waals surface area contributed by atoms with Crippen molar-refractivity contribution in [3.8, 4) is 5.75 Å². The Bertz CT molecular complexity index is 2530. The maximum absolute atomic E-state index is 13.8. The SMILES string of the molecule is Cc1nnc(C(C)C)n1C1CC2CCC(C1)N2CC[C@H](NC(=O)[C@@H]1CC[C@H](NC(=O)CCCCc2cn(CCOCCOCCOCCOCCOCCOCCOCCOCCC(=O)Oc3c(F)cc(F)cc3F)nn2)C1)c1ccccc1. The van der Waals surface area contributed by atoms with Gasteiger partial charge in [-0.15, -0.1) is 15.3 Å². The molecule has 5 atom stereocenters. The quantitative estimate of drug-likeness (QED) is 0.0260. The monoisotopic (exact) mass is 1180 g/mol. The van der Waals surface area contributed by atoms with Gasteiger partial charge in [-0.2, -0.15) is 0 Å². The first-order chi connectivity index (χ1) is 40.9. The standard InChI is InChI=1S/C60H88F3N9O12/c1-43(2)59-68-66-44(3)72(59)52-40-50-15-16-51(41-52)71(50)19-17-55(45-9-5-4-6-10-45)65-60(75)46-13-14-48(37-46)64-56(73)12-8-7-11-49-42-70(69-67-49)20-22-77-24-26-79-28-30-81-32-34-83-36-35-82-33-31-80-29-27-78-25-23-76-21-18-57(74)84-58-53(62)38-47(61)39-54(58)63/h4-6,9-10,38-39,42-43,46,48,50-52,55H,7-8,11-37,40-41H2,1-3H3,(H,64,73)(H,65,75)/t46-,48+,50?,51?,52?,55+/m1/s1. The van der Waals surface area contributed by atoms with Gasteiger partial charge in [-0.25, -0.2) is 17.9 Å². The number of carbonyl (C=O) groups excluding carboxylic acids is 3. The molecule has 1 saturated carbocycles. The molecule has 24 heteroatoms. The molecule has 2 bridgehead atoms. The predicted molar refractivity (Wildman–Crippen MR) is 303 cm³/mol. The van der Waals surface area contributed by atoms with E-state index in [-0.39, 0.29) is 56.1 Å². The van der Waals surface area contributed by atoms with Gasteiger partial charge in [0.1, 0.15) is 17.5 Å². The number of hydrogen-bond donors (Lipinski definition) is 2. The Balaban J connectivity index is 0.615. The van der Waals surface area contributed by atoms with E-state index in [1.54, 1.807) is 4.68 Å². The molecular weight excluding hydrogens is 1100 g/mol. The van der Waals surface area contributed by atoms with Gasteiger partial charge in [0.2, 0.25) is 17.6 Å². The summed E-state index contributed by atoms with van der Waals surface area (Å²) in [5.41, 5.74) is 2.01. The average Bonchev–Trinajstić information content (AvgIpc) is 3.03. The van der Waals surface area contributed by atoms with Crippen molar-refractivity contribution in [3.63, 3.8) is 0 Å². The lowest BCUT2D eigenvalue weighted by molar-refractivity contribution is -0.136. The average molecular weight is 1180 g/mol. The highest BCUT2D eigenvalue weighted by Crippen LogP contribution is 2.42. The number of aryl methyl sites for hydroxylation is 2. The number of hydrogen-bond acceptors (Lipinski definition) is 17. The summed E-state index contributed by atoms with van der Waals surface area (Å²) in [5, 5.41) is 24.2. The van der Waals surface area contributed by atoms with Gasteiger partial charge in [0.05, 0.1) is 130 Å². The van der Waals surface area contributed by atoms with Crippen LogP contribution in [-0.2, 0) is 65.2 Å². The first-order valence-electron chi connectivity index (χ1n) is 30.1. The second-order valence-corrected chi connectivity index (χ2v) is 21.9. The number of halogens is 3. The number of nitrogens with zero attached hydrogens (tertiary/aromatic N) is 7. The van der Waals surface area contributed by atoms with Crippen molar-refractivity contribution < 1.29 is 70.2 Å². The third-order valence-electron chi connectivity index (χ3n) is 15.4. The molecule has 2 amide bonds. The molecule has 4 aromatic rings. The number of piperidine rings is 1. The molecule has 4 heterocycles. The van der Waals surface area contributed by atoms with Crippen molar-refractivity contribution in [2.75, 3.05) is 112 Å². The molecule has 2 aromatic heterocycles. The molecule has 3 fully saturated rings. The van der Waals surface area contributed by atoms with Crippen LogP contribution in [0.3, 0.4) is 0 Å². The van der Waals surface area contributed by atoms with Crippen LogP contribution in [0.25, 0.3) is 0 Å². The molecule has 84 heavy (non-hydrogen) atoms. The van der Waals surface area contributed by atoms with Crippen LogP contribution in [0.5, 0.6) is 5.75 Å². The van der Waals surface area contributed by atoms with Gasteiger partial charge in [-0.3, -0.25) is 19.3 Å². The molecule has 0 radical (unpaired) electrons. The summed E-state index contributed by atoms with van der Waals surface area (Å²) in [6.07, 6.45) is 12.1. The van der Waals surface area contributed by atoms with Crippen molar-refractivity contribution in [2.24, 2.45) is 5.92 Å². The lowest BCUT2D eigenvalue weighted by Crippen LogP contribution is -2.45. The molecule has 7 rings (SSSR count). The fourth-order valence-electron chi connectivity index (χ4n) is 11.2. The number of nitrogens with one attached hydrogen (secondary N) is 2. The van der Waals surface area contributed by atoms with E-state index >= 15 is 0 Å². The summed E-state index contributed by atoms with van der Waals surface area (Å²) in [6.45, 7) is 13.8. The van der Waals surface area contributed by atoms with Crippen LogP contribution in [-0.4, -0.2) is 183 Å². The normalized spacial score (nSPS) is 19.1. The largest absolute Gasteiger partial charge is 0.420 e. The first kappa shape index (κ1) is 66.1. The van der Waals surface area contributed by atoms with E-state index in [0.29, 0.717) is 141 Å². The lowest BCUT2D eigenvalue weighted by Gasteiger charge is -2.40. The zero-order valence-corrected chi connectivity index (χ0v) is 49.2. The van der Waals surface area contributed by atoms with E-state index in [1.807, 2.05) is 24.4 Å². The summed E-state index contributed by atoms with van der Waals surface area (Å²) < 4.78 is 92.8. The van der Waals surface area contributed by atoms with E-state index in [9.17, 15) is 27.6 Å². The van der Waals surface area contributed by atoms with Crippen LogP contribution < -0.4 is 15.4 Å². The minimum absolute atomic E-state index is 0.00214. The minimum atomic E-state index is -1.30. The van der Waals surface area contributed by atoms with Crippen LogP contribution in [0, 0.1) is 30.3 Å². The van der Waals surface area contributed by atoms with Crippen molar-refractivity contribution in [1.82, 2.24) is 45.3 Å². The van der Waals surface area contributed by atoms with Crippen molar-refractivity contribution >= 4 is 17.8 Å². The number of unbranched alkanes of at least 4 members (excludes halogenated alkanes) is 1. The summed E-state index contributed by atoms with van der Waals surface area (Å²) in [5.74, 6) is -3.16. The Hall–Kier alpha value is -5.44. The molecule has 2 unspecified atom stereocenters. The molecule has 3 aliphatic rings. The van der Waals surface area contributed by atoms with E-state index in [2.05, 4.69) is 78.3 Å². The Labute approximate surface area is 491 Å². The van der Waals surface area contributed by atoms with E-state index in [4.69, 9.17) is 37.9 Å². The molecule has 2 aliphatic heterocycles. The second kappa shape index (κ2) is 36.5. The number of rotatable bonds is 42. The summed E-state index contributed by atoms with van der Waals surface area (Å²) >= 11 is 0. The number of benzene rings is 2. The number of ether oxygens (including phenoxy) is 9. The van der Waals surface area contributed by atoms with Gasteiger partial charge in [-0.05, 0) is 83.1 Å². The molecule has 2 aromatic carbocycles. The van der Waals surface area contributed by atoms with Crippen LogP contribution >= 0.6 is 0 Å². The zero-order valence-electron chi connectivity index (χ0n) is 49.2. The van der Waals surface area contributed by atoms with Crippen LogP contribution in [0.15, 0.2) is 48.7 Å². The van der Waals surface area contributed by atoms with Crippen molar-refractivity contribution in [1.29, 1.82) is 0 Å². The van der Waals surface area contributed by atoms with Crippen molar-refractivity contribution in [3.05, 3.63) is 89.0 Å². The van der Waals surface area contributed by atoms with Gasteiger partial charge in [0, 0.05) is 67.3 Å². The molecule has 2 N–H and O–H groups in total. The van der Waals surface area contributed by atoms with Gasteiger partial charge in [0.15, 0.2) is 11.6 Å². The number of fused-ring (bicyclic) bond motifs is 2. The van der Waals surface area contributed by atoms with E-state index < -0.39 is 29.2 Å². The maximum atomic E-state index is 13.8. The van der Waals surface area contributed by atoms with Gasteiger partial charge < -0.3 is 57.8 Å². The number of esters is 1. The number of amides is 2. The molecule has 1 aliphatic carbocycles. The number of carbonyl (C=O) groups is 3. The van der Waals surface area contributed by atoms with Crippen LogP contribution in [0.4, 0.5) is 13.2 Å². The molecule has 0 spiro atoms. The highest BCUT2D eigenvalue weighted by atomic mass is 19.1. The smallest absolute Gasteiger partial charge is 0.313 e. The Morgan fingerprint density at radius 2 is 1.21 bits per heavy atom. The van der Waals surface area contributed by atoms with E-state index in [1.165, 1.54) is 12.8 Å². The highest BCUT2D eigenvalue weighted by Gasteiger charge is 2.42. The highest BCUT2D eigenvalue weighted by molar-refractivity contribution is 5.80. The second-order valence-electron chi connectivity index (χ2n) is 21.9. The predicted octanol–water partition coefficient (Wildman–Crippen LogP) is 6.96. The lowest BCUT2D eigenvalue weighted by atomic mass is 9.94. The summed E-state index contributed by atoms with van der Waals surface area (Å²) in [7, 11) is 0. The Morgan fingerprint density at radius 3 is 1.80 bits per heavy atom. The van der Waals surface area contributed by atoms with Crippen LogP contribution in [0.1, 0.15) is 132 Å². The summed E-state index contributed by atoms with van der Waals surface area (Å²) in [4.78, 5) is 41.3. The third kappa shape index (κ3) is 22.4. The molecule has 2 saturated heterocycles. The third-order valence-corrected chi connectivity index (χ3v) is 15.4. The Morgan fingerprint density at radius 1 is 0.643 bits per heavy atom. The van der Waals surface area contributed by atoms with E-state index in [0.717, 1.165) is 80.8 Å². The zero-order chi connectivity index (χ0) is 59.3. The molecular formula is C60H88F3N9O12.